The SMILES string of the molecule is O=C(COc1ccccc1)N1C[C@H]2CC[C@H]1[C@H]2Oc1cccnc1. The Kier molecular flexibility index (Phi) is 4.07. The first kappa shape index (κ1) is 15.0. The Bertz CT molecular complexity index is 692. The van der Waals surface area contributed by atoms with Gasteiger partial charge in [0, 0.05) is 18.7 Å². The van der Waals surface area contributed by atoms with Gasteiger partial charge in [0.05, 0.1) is 12.2 Å². The summed E-state index contributed by atoms with van der Waals surface area (Å²) in [4.78, 5) is 18.6. The molecule has 24 heavy (non-hydrogen) atoms. The second kappa shape index (κ2) is 6.51. The Morgan fingerprint density at radius 3 is 2.75 bits per heavy atom. The normalized spacial score (nSPS) is 24.8. The van der Waals surface area contributed by atoms with Gasteiger partial charge in [-0.15, -0.1) is 0 Å². The van der Waals surface area contributed by atoms with Crippen molar-refractivity contribution in [3.63, 3.8) is 0 Å². The minimum atomic E-state index is 0.0332. The zero-order chi connectivity index (χ0) is 16.4. The van der Waals surface area contributed by atoms with Crippen LogP contribution in [0.4, 0.5) is 0 Å². The third-order valence-corrected chi connectivity index (χ3v) is 4.84. The lowest BCUT2D eigenvalue weighted by atomic mass is 10.1. The summed E-state index contributed by atoms with van der Waals surface area (Å²) in [6.07, 6.45) is 5.62. The van der Waals surface area contributed by atoms with Gasteiger partial charge in [-0.25, -0.2) is 0 Å². The maximum Gasteiger partial charge on any atom is 0.260 e. The standard InChI is InChI=1S/C19H20N2O3/c22-18(13-23-15-5-2-1-3-6-15)21-12-14-8-9-17(21)19(14)24-16-7-4-10-20-11-16/h1-7,10-11,14,17,19H,8-9,12-13H2/t14-,17+,19+/m1/s1. The molecule has 2 heterocycles. The molecule has 2 aromatic rings. The molecule has 1 aromatic heterocycles. The summed E-state index contributed by atoms with van der Waals surface area (Å²) in [5.41, 5.74) is 0. The largest absolute Gasteiger partial charge is 0.486 e. The highest BCUT2D eigenvalue weighted by Crippen LogP contribution is 2.40. The van der Waals surface area contributed by atoms with Crippen molar-refractivity contribution in [2.24, 2.45) is 5.92 Å². The molecule has 0 N–H and O–H groups in total. The number of pyridine rings is 1. The number of amides is 1. The molecule has 2 fully saturated rings. The molecule has 0 radical (unpaired) electrons. The van der Waals surface area contributed by atoms with Gasteiger partial charge in [-0.3, -0.25) is 9.78 Å². The molecule has 5 heteroatoms. The second-order valence-corrected chi connectivity index (χ2v) is 6.32. The van der Waals surface area contributed by atoms with Crippen molar-refractivity contribution < 1.29 is 14.3 Å². The van der Waals surface area contributed by atoms with Crippen LogP contribution in [0.1, 0.15) is 12.8 Å². The lowest BCUT2D eigenvalue weighted by Gasteiger charge is -2.27. The van der Waals surface area contributed by atoms with Gasteiger partial charge in [0.1, 0.15) is 17.6 Å². The van der Waals surface area contributed by atoms with E-state index in [9.17, 15) is 4.79 Å². The summed E-state index contributed by atoms with van der Waals surface area (Å²) in [6, 6.07) is 13.4. The molecule has 1 aromatic carbocycles. The number of hydrogen-bond acceptors (Lipinski definition) is 4. The zero-order valence-corrected chi connectivity index (χ0v) is 13.4. The van der Waals surface area contributed by atoms with Gasteiger partial charge in [0.25, 0.3) is 5.91 Å². The Hall–Kier alpha value is -2.56. The number of nitrogens with zero attached hydrogens (tertiary/aromatic N) is 2. The number of hydrogen-bond donors (Lipinski definition) is 0. The van der Waals surface area contributed by atoms with E-state index in [0.717, 1.165) is 30.9 Å². The number of rotatable bonds is 5. The molecule has 124 valence electrons. The van der Waals surface area contributed by atoms with Crippen LogP contribution in [0.15, 0.2) is 54.9 Å². The van der Waals surface area contributed by atoms with Gasteiger partial charge < -0.3 is 14.4 Å². The number of carbonyl (C=O) groups excluding carboxylic acids is 1. The zero-order valence-electron chi connectivity index (χ0n) is 13.4. The van der Waals surface area contributed by atoms with Gasteiger partial charge in [-0.1, -0.05) is 18.2 Å². The van der Waals surface area contributed by atoms with Crippen molar-refractivity contribution in [2.45, 2.75) is 25.0 Å². The first-order valence-electron chi connectivity index (χ1n) is 8.35. The number of benzene rings is 1. The molecule has 4 rings (SSSR count). The molecule has 3 atom stereocenters. The van der Waals surface area contributed by atoms with E-state index in [0.29, 0.717) is 5.92 Å². The number of likely N-dealkylation sites (tertiary alicyclic amines) is 1. The van der Waals surface area contributed by atoms with Crippen LogP contribution in [-0.4, -0.2) is 41.1 Å². The fourth-order valence-corrected chi connectivity index (χ4v) is 3.72. The molecule has 1 aliphatic carbocycles. The van der Waals surface area contributed by atoms with Crippen molar-refractivity contribution in [2.75, 3.05) is 13.2 Å². The van der Waals surface area contributed by atoms with Gasteiger partial charge in [0.2, 0.25) is 0 Å². The van der Waals surface area contributed by atoms with Crippen molar-refractivity contribution in [1.82, 2.24) is 9.88 Å². The Morgan fingerprint density at radius 2 is 1.96 bits per heavy atom. The summed E-state index contributed by atoms with van der Waals surface area (Å²) in [7, 11) is 0. The third kappa shape index (κ3) is 2.94. The van der Waals surface area contributed by atoms with Gasteiger partial charge in [0.15, 0.2) is 6.61 Å². The van der Waals surface area contributed by atoms with Crippen molar-refractivity contribution in [3.8, 4) is 11.5 Å². The van der Waals surface area contributed by atoms with E-state index in [4.69, 9.17) is 9.47 Å². The van der Waals surface area contributed by atoms with Crippen LogP contribution in [0.25, 0.3) is 0 Å². The molecule has 5 nitrogen and oxygen atoms in total. The Labute approximate surface area is 141 Å². The smallest absolute Gasteiger partial charge is 0.260 e. The predicted octanol–water partition coefficient (Wildman–Crippen LogP) is 2.53. The van der Waals surface area contributed by atoms with Gasteiger partial charge in [-0.05, 0) is 37.1 Å². The first-order chi connectivity index (χ1) is 11.8. The molecule has 1 amide bonds. The number of carbonyl (C=O) groups is 1. The van der Waals surface area contributed by atoms with Crippen LogP contribution in [0.2, 0.25) is 0 Å². The molecule has 1 aliphatic heterocycles. The minimum Gasteiger partial charge on any atom is -0.486 e. The van der Waals surface area contributed by atoms with Crippen molar-refractivity contribution in [3.05, 3.63) is 54.9 Å². The van der Waals surface area contributed by atoms with Crippen molar-refractivity contribution >= 4 is 5.91 Å². The summed E-state index contributed by atoms with van der Waals surface area (Å²) in [5.74, 6) is 1.93. The third-order valence-electron chi connectivity index (χ3n) is 4.84. The molecular weight excluding hydrogens is 304 g/mol. The molecule has 2 bridgehead atoms. The highest BCUT2D eigenvalue weighted by Gasteiger charge is 2.50. The topological polar surface area (TPSA) is 51.7 Å². The summed E-state index contributed by atoms with van der Waals surface area (Å²) < 4.78 is 11.7. The van der Waals surface area contributed by atoms with E-state index >= 15 is 0 Å². The lowest BCUT2D eigenvalue weighted by Crippen LogP contribution is -2.42. The average Bonchev–Trinajstić information content (AvgIpc) is 3.18. The Morgan fingerprint density at radius 1 is 1.12 bits per heavy atom. The maximum atomic E-state index is 12.5. The highest BCUT2D eigenvalue weighted by molar-refractivity contribution is 5.78. The lowest BCUT2D eigenvalue weighted by molar-refractivity contribution is -0.135. The van der Waals surface area contributed by atoms with E-state index in [-0.39, 0.29) is 24.7 Å². The number of aromatic nitrogens is 1. The fraction of sp³-hybridized carbons (Fsp3) is 0.368. The number of ether oxygens (including phenoxy) is 2. The monoisotopic (exact) mass is 324 g/mol. The van der Waals surface area contributed by atoms with Crippen LogP contribution in [-0.2, 0) is 4.79 Å². The first-order valence-corrected chi connectivity index (χ1v) is 8.35. The summed E-state index contributed by atoms with van der Waals surface area (Å²) >= 11 is 0. The van der Waals surface area contributed by atoms with Crippen LogP contribution in [0.3, 0.4) is 0 Å². The van der Waals surface area contributed by atoms with Crippen LogP contribution in [0.5, 0.6) is 11.5 Å². The predicted molar refractivity (Wildman–Crippen MR) is 88.8 cm³/mol. The number of fused-ring (bicyclic) bond motifs is 2. The van der Waals surface area contributed by atoms with E-state index in [1.54, 1.807) is 12.4 Å². The summed E-state index contributed by atoms with van der Waals surface area (Å²) in [6.45, 7) is 0.833. The van der Waals surface area contributed by atoms with Gasteiger partial charge >= 0.3 is 0 Å². The second-order valence-electron chi connectivity index (χ2n) is 6.32. The fourth-order valence-electron chi connectivity index (χ4n) is 3.72. The summed E-state index contributed by atoms with van der Waals surface area (Å²) in [5, 5.41) is 0. The average molecular weight is 324 g/mol. The Balaban J connectivity index is 1.38. The number of piperidine rings is 1. The van der Waals surface area contributed by atoms with Crippen LogP contribution < -0.4 is 9.47 Å². The minimum absolute atomic E-state index is 0.0332. The van der Waals surface area contributed by atoms with E-state index < -0.39 is 0 Å². The van der Waals surface area contributed by atoms with Crippen LogP contribution in [0, 0.1) is 5.92 Å². The van der Waals surface area contributed by atoms with E-state index in [1.807, 2.05) is 47.4 Å². The molecular formula is C19H20N2O3. The van der Waals surface area contributed by atoms with E-state index in [1.165, 1.54) is 0 Å². The molecule has 0 unspecified atom stereocenters. The van der Waals surface area contributed by atoms with Gasteiger partial charge in [-0.2, -0.15) is 0 Å². The van der Waals surface area contributed by atoms with Crippen molar-refractivity contribution in [1.29, 1.82) is 0 Å². The maximum absolute atomic E-state index is 12.5. The molecule has 0 spiro atoms. The molecule has 1 saturated carbocycles. The van der Waals surface area contributed by atoms with E-state index in [2.05, 4.69) is 4.98 Å². The number of para-hydroxylation sites is 1. The van der Waals surface area contributed by atoms with Crippen LogP contribution >= 0.6 is 0 Å². The highest BCUT2D eigenvalue weighted by atomic mass is 16.5. The molecule has 1 saturated heterocycles. The molecule has 2 aliphatic rings. The quantitative estimate of drug-likeness (QED) is 0.848.